The van der Waals surface area contributed by atoms with Crippen LogP contribution in [0.4, 0.5) is 0 Å². The Kier molecular flexibility index (Phi) is 39.6. The number of ether oxygens (including phenoxy) is 8. The molecule has 5 N–H and O–H groups in total. The van der Waals surface area contributed by atoms with Gasteiger partial charge in [0.15, 0.2) is 0 Å². The average molecular weight is 1780 g/mol. The van der Waals surface area contributed by atoms with Crippen molar-refractivity contribution in [1.29, 1.82) is 0 Å². The highest BCUT2D eigenvalue weighted by molar-refractivity contribution is 5.90. The Morgan fingerprint density at radius 1 is 0.328 bits per heavy atom. The summed E-state index contributed by atoms with van der Waals surface area (Å²) in [4.78, 5) is 42.1. The zero-order chi connectivity index (χ0) is 92.8. The fourth-order valence-corrected chi connectivity index (χ4v) is 16.2. The van der Waals surface area contributed by atoms with Gasteiger partial charge in [-0.1, -0.05) is 182 Å². The number of hydrogen-bond donors (Lipinski definition) is 5. The largest absolute Gasteiger partial charge is 0.488 e. The molecule has 0 aromatic heterocycles. The summed E-state index contributed by atoms with van der Waals surface area (Å²) in [5.74, 6) is 1.80. The van der Waals surface area contributed by atoms with Gasteiger partial charge in [-0.15, -0.1) is 0 Å². The Morgan fingerprint density at radius 2 is 0.603 bits per heavy atom. The number of aliphatic hydroxyl groups excluding tert-OH is 1. The van der Waals surface area contributed by atoms with Crippen molar-refractivity contribution < 1.29 is 72.7 Å². The van der Waals surface area contributed by atoms with Crippen molar-refractivity contribution >= 4 is 45.8 Å². The van der Waals surface area contributed by atoms with Crippen LogP contribution in [0.3, 0.4) is 0 Å². The summed E-state index contributed by atoms with van der Waals surface area (Å²) in [7, 11) is 16.6. The molecule has 0 atom stereocenters. The molecule has 0 spiro atoms. The molecule has 20 heteroatoms. The molecule has 0 aliphatic carbocycles. The summed E-state index contributed by atoms with van der Waals surface area (Å²) >= 11 is 0. The predicted molar refractivity (Wildman–Crippen MR) is 524 cm³/mol. The van der Waals surface area contributed by atoms with Crippen LogP contribution in [-0.4, -0.2) is 200 Å². The lowest BCUT2D eigenvalue weighted by Gasteiger charge is -2.16. The fourth-order valence-electron chi connectivity index (χ4n) is 16.2. The first-order valence-corrected chi connectivity index (χ1v) is 45.7. The van der Waals surface area contributed by atoms with Crippen LogP contribution in [0, 0.1) is 0 Å². The summed E-state index contributed by atoms with van der Waals surface area (Å²) in [6, 6.07) is 71.5. The van der Waals surface area contributed by atoms with E-state index in [0.29, 0.717) is 59.3 Å². The maximum atomic E-state index is 11.2. The minimum atomic E-state index is -0.832. The number of benzene rings is 10. The third-order valence-corrected chi connectivity index (χ3v) is 22.9. The van der Waals surface area contributed by atoms with Gasteiger partial charge in [0.1, 0.15) is 61.8 Å². The van der Waals surface area contributed by atoms with E-state index >= 15 is 0 Å². The van der Waals surface area contributed by atoms with E-state index in [1.807, 2.05) is 124 Å². The third kappa shape index (κ3) is 30.0. The molecule has 0 bridgehead atoms. The highest BCUT2D eigenvalue weighted by atomic mass is 16.5. The van der Waals surface area contributed by atoms with Crippen LogP contribution in [0.25, 0.3) is 27.9 Å². The van der Waals surface area contributed by atoms with Gasteiger partial charge in [0, 0.05) is 80.4 Å². The molecular formula is C111H131N5O15. The van der Waals surface area contributed by atoms with Crippen LogP contribution in [0.5, 0.6) is 28.7 Å². The van der Waals surface area contributed by atoms with Crippen molar-refractivity contribution in [2.24, 2.45) is 0 Å². The number of aliphatic carboxylic acids is 3. The van der Waals surface area contributed by atoms with E-state index in [9.17, 15) is 24.6 Å². The third-order valence-electron chi connectivity index (χ3n) is 22.9. The van der Waals surface area contributed by atoms with Gasteiger partial charge in [-0.05, 0) is 294 Å². The number of carboxylic acid groups (broad SMARTS) is 3. The number of likely N-dealkylation sites (N-methyl/N-ethyl adjacent to an activating group) is 1. The first-order chi connectivity index (χ1) is 63.7. The Morgan fingerprint density at radius 3 is 0.901 bits per heavy atom. The second-order valence-electron chi connectivity index (χ2n) is 33.7. The van der Waals surface area contributed by atoms with Crippen molar-refractivity contribution in [2.75, 3.05) is 142 Å². The minimum absolute atomic E-state index is 0.00235. The number of carbonyl (C=O) groups is 3. The van der Waals surface area contributed by atoms with Crippen LogP contribution in [0.1, 0.15) is 157 Å². The zero-order valence-electron chi connectivity index (χ0n) is 78.0. The van der Waals surface area contributed by atoms with E-state index in [0.717, 1.165) is 221 Å². The van der Waals surface area contributed by atoms with Gasteiger partial charge in [0.2, 0.25) is 0 Å². The first kappa shape index (κ1) is 99.5. The molecule has 0 fully saturated rings. The SMILES string of the molecule is CCOCCN(C)CC/C=C1/c2ccccc2COc2ccc(CC(=O)O)cc21.CCOCCOCCc1ccc2c(c1)/C(=C\CCN(C)C)c1ccccc1CO2.CN(C)CC/C=C1/c2ccccc2COc2ccc(CC(=O)O)cc21.CN(C)CC/C=C1/c2ccccc2COc2ccc(CCO)cc21.CNCC/C=C1/c2ccccc2COc2ccc(CC(=O)O)cc21. The molecule has 0 unspecified atom stereocenters. The van der Waals surface area contributed by atoms with Crippen molar-refractivity contribution in [1.82, 2.24) is 24.9 Å². The number of nitrogens with one attached hydrogen (secondary N) is 1. The second kappa shape index (κ2) is 52.1. The molecule has 0 saturated carbocycles. The van der Waals surface area contributed by atoms with E-state index in [2.05, 4.69) is 214 Å². The summed E-state index contributed by atoms with van der Waals surface area (Å²) in [6.07, 6.45) is 17.6. The van der Waals surface area contributed by atoms with E-state index < -0.39 is 17.9 Å². The van der Waals surface area contributed by atoms with Crippen LogP contribution in [-0.2, 0) is 93.7 Å². The molecule has 0 radical (unpaired) electrons. The Balaban J connectivity index is 0.000000158. The van der Waals surface area contributed by atoms with Crippen LogP contribution >= 0.6 is 0 Å². The molecular weight excluding hydrogens is 1640 g/mol. The molecule has 5 aliphatic heterocycles. The highest BCUT2D eigenvalue weighted by Gasteiger charge is 2.27. The number of carboxylic acids is 3. The highest BCUT2D eigenvalue weighted by Crippen LogP contribution is 2.44. The lowest BCUT2D eigenvalue weighted by Crippen LogP contribution is -2.24. The lowest BCUT2D eigenvalue weighted by molar-refractivity contribution is -0.137. The van der Waals surface area contributed by atoms with E-state index in [1.165, 1.54) is 44.5 Å². The molecule has 20 nitrogen and oxygen atoms in total. The molecule has 5 heterocycles. The standard InChI is InChI=1S/C25H33NO3.C24H29NO4.C21H23NO3.C21H25NO2.C20H21NO3/c1-4-27-16-17-28-15-13-20-11-12-25-24(18-20)23(10-7-14-26(2)3)22-9-6-5-8-21(22)19-29-25;1-3-28-14-13-25(2)12-6-9-21-20-8-5-4-7-19(20)17-29-23-11-10-18(15-22(21)23)16-24(26)27;1-22(2)11-5-8-18-17-7-4-3-6-16(17)14-25-20-10-9-15(12-19(18)20)13-21(23)24;1-22(2)12-5-8-19-18-7-4-3-6-17(18)15-24-21-10-9-16(11-13-23)14-20(19)21;1-21-10-4-7-17-16-6-3-2-5-15(16)13-24-19-9-8-14(11-18(17)19)12-20(22)23/h5-6,8-12,18H,4,7,13-17,19H2,1-3H3;4-5,7-11,15H,3,6,12-14,16-17H2,1-2H3,(H,26,27);3-4,6-10,12H,5,11,13-14H2,1-2H3,(H,23,24);3-4,6-10,14,23H,5,11-13,15H2,1-2H3;2-3,5-9,11,21H,4,10,12-13H2,1H3,(H,22,23)/b23-10-;21-9-;18-8-;19-8-;17-7-. The number of nitrogens with zero attached hydrogens (tertiary/aromatic N) is 4. The average Bonchev–Trinajstić information content (AvgIpc) is 1.73. The Bertz CT molecular complexity index is 5590. The van der Waals surface area contributed by atoms with Crippen LogP contribution < -0.4 is 29.0 Å². The zero-order valence-corrected chi connectivity index (χ0v) is 78.0. The maximum absolute atomic E-state index is 11.2. The summed E-state index contributed by atoms with van der Waals surface area (Å²) in [5, 5.41) is 39.8. The fraction of sp³-hybridized carbons (Fsp3) is 0.342. The number of aliphatic hydroxyl groups is 1. The van der Waals surface area contributed by atoms with E-state index in [-0.39, 0.29) is 25.9 Å². The molecule has 131 heavy (non-hydrogen) atoms. The van der Waals surface area contributed by atoms with Gasteiger partial charge in [0.05, 0.1) is 45.7 Å². The van der Waals surface area contributed by atoms with Gasteiger partial charge in [-0.25, -0.2) is 0 Å². The smallest absolute Gasteiger partial charge is 0.307 e. The second-order valence-corrected chi connectivity index (χ2v) is 33.7. The van der Waals surface area contributed by atoms with Gasteiger partial charge >= 0.3 is 17.9 Å². The van der Waals surface area contributed by atoms with Crippen LogP contribution in [0.2, 0.25) is 0 Å². The van der Waals surface area contributed by atoms with Gasteiger partial charge in [-0.2, -0.15) is 0 Å². The van der Waals surface area contributed by atoms with Crippen molar-refractivity contribution in [3.8, 4) is 28.7 Å². The van der Waals surface area contributed by atoms with E-state index in [1.54, 1.807) is 0 Å². The molecule has 15 rings (SSSR count). The lowest BCUT2D eigenvalue weighted by atomic mass is 9.92. The molecule has 10 aromatic rings. The van der Waals surface area contributed by atoms with Crippen molar-refractivity contribution in [3.05, 3.63) is 354 Å². The number of hydrogen-bond acceptors (Lipinski definition) is 17. The summed E-state index contributed by atoms with van der Waals surface area (Å²) in [6.45, 7) is 16.8. The topological polar surface area (TPSA) is 231 Å². The molecule has 690 valence electrons. The molecule has 5 aliphatic rings. The number of rotatable bonds is 34. The van der Waals surface area contributed by atoms with Gasteiger partial charge in [0.25, 0.3) is 0 Å². The number of fused-ring (bicyclic) bond motifs is 10. The van der Waals surface area contributed by atoms with Crippen molar-refractivity contribution in [3.63, 3.8) is 0 Å². The van der Waals surface area contributed by atoms with E-state index in [4.69, 9.17) is 48.1 Å². The predicted octanol–water partition coefficient (Wildman–Crippen LogP) is 18.9. The molecule has 0 amide bonds. The monoisotopic (exact) mass is 1770 g/mol. The normalized spacial score (nSPS) is 14.5. The minimum Gasteiger partial charge on any atom is -0.488 e. The van der Waals surface area contributed by atoms with Gasteiger partial charge < -0.3 is 83.2 Å². The molecule has 0 saturated heterocycles. The Hall–Kier alpha value is -12.1. The molecule has 10 aromatic carbocycles. The van der Waals surface area contributed by atoms with Crippen molar-refractivity contribution in [2.45, 2.75) is 111 Å². The Labute approximate surface area is 774 Å². The maximum Gasteiger partial charge on any atom is 0.307 e. The summed E-state index contributed by atoms with van der Waals surface area (Å²) < 4.78 is 46.7. The van der Waals surface area contributed by atoms with Gasteiger partial charge in [-0.3, -0.25) is 14.4 Å². The van der Waals surface area contributed by atoms with Crippen LogP contribution in [0.15, 0.2) is 243 Å². The summed E-state index contributed by atoms with van der Waals surface area (Å²) in [5.41, 5.74) is 27.7. The first-order valence-electron chi connectivity index (χ1n) is 45.7. The quantitative estimate of drug-likeness (QED) is 0.0236.